The molecule has 0 aliphatic heterocycles. The van der Waals surface area contributed by atoms with Gasteiger partial charge in [0, 0.05) is 0 Å². The van der Waals surface area contributed by atoms with Crippen molar-refractivity contribution in [3.05, 3.63) is 0 Å². The lowest BCUT2D eigenvalue weighted by molar-refractivity contribution is -0.0988. The highest BCUT2D eigenvalue weighted by Gasteiger charge is 2.52. The Hall–Kier alpha value is 0. The summed E-state index contributed by atoms with van der Waals surface area (Å²) in [4.78, 5) is 0. The van der Waals surface area contributed by atoms with E-state index in [1.165, 1.54) is 57.8 Å². The Morgan fingerprint density at radius 1 is 0.950 bits per heavy atom. The van der Waals surface area contributed by atoms with Gasteiger partial charge in [-0.1, -0.05) is 86.5 Å². The van der Waals surface area contributed by atoms with E-state index in [0.717, 1.165) is 23.7 Å². The van der Waals surface area contributed by atoms with Crippen LogP contribution in [0.15, 0.2) is 0 Å². The molecule has 0 radical (unpaired) electrons. The maximum atomic E-state index is 2.46. The van der Waals surface area contributed by atoms with Gasteiger partial charge in [0.2, 0.25) is 0 Å². The fourth-order valence-corrected chi connectivity index (χ4v) is 4.88. The zero-order chi connectivity index (χ0) is 15.2. The number of rotatable bonds is 2. The van der Waals surface area contributed by atoms with Crippen LogP contribution in [0.3, 0.4) is 0 Å². The minimum Gasteiger partial charge on any atom is -0.0683 e. The van der Waals surface area contributed by atoms with E-state index < -0.39 is 0 Å². The molecule has 0 N–H and O–H groups in total. The van der Waals surface area contributed by atoms with Crippen LogP contribution in [0, 0.1) is 29.1 Å². The second-order valence-corrected chi connectivity index (χ2v) is 7.85. The van der Waals surface area contributed by atoms with Crippen LogP contribution in [-0.2, 0) is 0 Å². The van der Waals surface area contributed by atoms with Gasteiger partial charge in [-0.05, 0) is 41.9 Å². The summed E-state index contributed by atoms with van der Waals surface area (Å²) in [7, 11) is 0. The predicted octanol–water partition coefficient (Wildman–Crippen LogP) is 7.08. The summed E-state index contributed by atoms with van der Waals surface area (Å²) < 4.78 is 0. The Labute approximate surface area is 129 Å². The van der Waals surface area contributed by atoms with Crippen molar-refractivity contribution in [1.82, 2.24) is 0 Å². The van der Waals surface area contributed by atoms with Crippen LogP contribution in [0.2, 0.25) is 0 Å². The maximum absolute atomic E-state index is 2.46. The molecule has 20 heavy (non-hydrogen) atoms. The van der Waals surface area contributed by atoms with Crippen molar-refractivity contribution >= 4 is 0 Å². The van der Waals surface area contributed by atoms with E-state index in [0.29, 0.717) is 5.41 Å². The average molecular weight is 281 g/mol. The Morgan fingerprint density at radius 3 is 1.90 bits per heavy atom. The zero-order valence-electron chi connectivity index (χ0n) is 15.2. The van der Waals surface area contributed by atoms with E-state index in [1.807, 2.05) is 13.8 Å². The van der Waals surface area contributed by atoms with E-state index >= 15 is 0 Å². The summed E-state index contributed by atoms with van der Waals surface area (Å²) in [6.07, 6.45) is 13.5. The molecule has 2 unspecified atom stereocenters. The van der Waals surface area contributed by atoms with Crippen LogP contribution < -0.4 is 0 Å². The van der Waals surface area contributed by atoms with Crippen LogP contribution in [0.25, 0.3) is 0 Å². The van der Waals surface area contributed by atoms with E-state index in [4.69, 9.17) is 0 Å². The Balaban J connectivity index is 0.000000182. The molecule has 3 atom stereocenters. The molecule has 4 saturated carbocycles. The highest BCUT2D eigenvalue weighted by atomic mass is 14.6. The molecule has 0 heterocycles. The molecule has 4 aliphatic carbocycles. The van der Waals surface area contributed by atoms with Gasteiger partial charge in [0.1, 0.15) is 0 Å². The molecule has 4 fully saturated rings. The monoisotopic (exact) mass is 280 g/mol. The Morgan fingerprint density at radius 2 is 1.55 bits per heavy atom. The van der Waals surface area contributed by atoms with E-state index in [-0.39, 0.29) is 0 Å². The summed E-state index contributed by atoms with van der Waals surface area (Å²) in [5.74, 6) is 4.26. The van der Waals surface area contributed by atoms with Crippen molar-refractivity contribution < 1.29 is 0 Å². The van der Waals surface area contributed by atoms with Gasteiger partial charge in [0.05, 0.1) is 0 Å². The fraction of sp³-hybridized carbons (Fsp3) is 1.00. The van der Waals surface area contributed by atoms with Gasteiger partial charge in [0.15, 0.2) is 0 Å². The summed E-state index contributed by atoms with van der Waals surface area (Å²) in [5.41, 5.74) is 0.706. The smallest absolute Gasteiger partial charge is 0.0295 e. The van der Waals surface area contributed by atoms with Crippen molar-refractivity contribution in [3.8, 4) is 0 Å². The first-order valence-electron chi connectivity index (χ1n) is 9.55. The van der Waals surface area contributed by atoms with Gasteiger partial charge < -0.3 is 0 Å². The van der Waals surface area contributed by atoms with Crippen LogP contribution in [0.1, 0.15) is 99.3 Å². The van der Waals surface area contributed by atoms with Gasteiger partial charge >= 0.3 is 0 Å². The second kappa shape index (κ2) is 8.44. The average Bonchev–Trinajstić information content (AvgIpc) is 2.95. The Kier molecular flexibility index (Phi) is 7.62. The minimum atomic E-state index is 0.706. The molecule has 2 bridgehead atoms. The lowest BCUT2D eigenvalue weighted by atomic mass is 9.46. The summed E-state index contributed by atoms with van der Waals surface area (Å²) in [6, 6.07) is 0. The molecule has 0 amide bonds. The van der Waals surface area contributed by atoms with Gasteiger partial charge in [-0.2, -0.15) is 0 Å². The third kappa shape index (κ3) is 4.25. The molecular formula is C20H40. The van der Waals surface area contributed by atoms with Crippen molar-refractivity contribution in [2.45, 2.75) is 99.3 Å². The molecule has 0 spiro atoms. The summed E-state index contributed by atoms with van der Waals surface area (Å²) >= 11 is 0. The molecule has 4 rings (SSSR count). The van der Waals surface area contributed by atoms with Crippen molar-refractivity contribution in [1.29, 1.82) is 0 Å². The third-order valence-corrected chi connectivity index (χ3v) is 6.38. The van der Waals surface area contributed by atoms with Crippen LogP contribution >= 0.6 is 0 Å². The second-order valence-electron chi connectivity index (χ2n) is 7.85. The van der Waals surface area contributed by atoms with Crippen molar-refractivity contribution in [2.24, 2.45) is 29.1 Å². The van der Waals surface area contributed by atoms with Crippen molar-refractivity contribution in [2.75, 3.05) is 0 Å². The molecule has 0 saturated heterocycles. The Bertz CT molecular complexity index is 245. The van der Waals surface area contributed by atoms with Crippen LogP contribution in [0.5, 0.6) is 0 Å². The normalized spacial score (nSPS) is 34.2. The first kappa shape index (κ1) is 18.1. The molecule has 0 aromatic rings. The molecule has 0 heteroatoms. The predicted molar refractivity (Wildman–Crippen MR) is 92.0 cm³/mol. The highest BCUT2D eigenvalue weighted by Crippen LogP contribution is 2.61. The molecular weight excluding hydrogens is 240 g/mol. The van der Waals surface area contributed by atoms with Gasteiger partial charge in [-0.3, -0.25) is 0 Å². The third-order valence-electron chi connectivity index (χ3n) is 6.38. The summed E-state index contributed by atoms with van der Waals surface area (Å²) in [5, 5.41) is 0. The topological polar surface area (TPSA) is 0 Å². The molecule has 0 aromatic carbocycles. The standard InChI is InChI=1S/C10H18.C8H16.C2H6/c1-7-4-5-8-6-9(7)10(8,2)3;1-2-5-8-6-3-4-7-8;1-2/h7-9H,4-6H2,1-3H3;8H,2-7H2,1H3;1-2H3/t7-,8?,9?;;/m1../s1. The van der Waals surface area contributed by atoms with Crippen molar-refractivity contribution in [3.63, 3.8) is 0 Å². The van der Waals surface area contributed by atoms with Crippen LogP contribution in [0.4, 0.5) is 0 Å². The molecule has 4 aliphatic rings. The largest absolute Gasteiger partial charge is 0.0683 e. The highest BCUT2D eigenvalue weighted by molar-refractivity contribution is 5.01. The maximum Gasteiger partial charge on any atom is -0.0295 e. The summed E-state index contributed by atoms with van der Waals surface area (Å²) in [6.45, 7) is 13.6. The number of fused-ring (bicyclic) bond motifs is 2. The fourth-order valence-electron chi connectivity index (χ4n) is 4.88. The van der Waals surface area contributed by atoms with Crippen LogP contribution in [-0.4, -0.2) is 0 Å². The first-order chi connectivity index (χ1) is 9.55. The van der Waals surface area contributed by atoms with E-state index in [9.17, 15) is 0 Å². The molecule has 0 aromatic heterocycles. The van der Waals surface area contributed by atoms with Gasteiger partial charge in [-0.25, -0.2) is 0 Å². The van der Waals surface area contributed by atoms with E-state index in [2.05, 4.69) is 27.7 Å². The SMILES string of the molecule is CC.CCCC1CCCC1.C[C@@H]1CCC2CC1C2(C)C. The van der Waals surface area contributed by atoms with E-state index in [1.54, 1.807) is 0 Å². The van der Waals surface area contributed by atoms with Gasteiger partial charge in [0.25, 0.3) is 0 Å². The quantitative estimate of drug-likeness (QED) is 0.507. The number of hydrogen-bond donors (Lipinski definition) is 0. The van der Waals surface area contributed by atoms with Gasteiger partial charge in [-0.15, -0.1) is 0 Å². The lowest BCUT2D eigenvalue weighted by Crippen LogP contribution is -2.51. The lowest BCUT2D eigenvalue weighted by Gasteiger charge is -2.59. The molecule has 120 valence electrons. The first-order valence-corrected chi connectivity index (χ1v) is 9.55. The molecule has 0 nitrogen and oxygen atoms in total. The minimum absolute atomic E-state index is 0.706. The zero-order valence-corrected chi connectivity index (χ0v) is 15.2. The number of hydrogen-bond acceptors (Lipinski definition) is 0.